The molecule has 0 fully saturated rings. The molecule has 0 saturated heterocycles. The second-order valence-corrected chi connectivity index (χ2v) is 7.24. The van der Waals surface area contributed by atoms with Crippen molar-refractivity contribution in [3.05, 3.63) is 24.3 Å². The van der Waals surface area contributed by atoms with E-state index in [1.165, 1.54) is 19.3 Å². The third-order valence-electron chi connectivity index (χ3n) is 3.61. The molecule has 8 nitrogen and oxygen atoms in total. The number of unbranched alkanes of at least 4 members (excludes halogenated alkanes) is 5. The predicted molar refractivity (Wildman–Crippen MR) is 95.3 cm³/mol. The molecule has 1 rings (SSSR count). The van der Waals surface area contributed by atoms with Gasteiger partial charge in [0.15, 0.2) is 0 Å². The standard InChI is InChI=1S/C18H26O8S.Na/c1-2-3-4-5-6-7-8-17(19)24-13-14-25-18(20)26-15-9-11-16(12-10-15)27(21,22)23;/h9-12H,2-8,13-14H2,1H3,(H,21,22,23);/q;+1/p-1. The second kappa shape index (κ2) is 14.8. The van der Waals surface area contributed by atoms with Gasteiger partial charge < -0.3 is 18.8 Å². The molecular formula is C18H25NaO8S. The minimum absolute atomic E-state index is 0. The van der Waals surface area contributed by atoms with Crippen molar-refractivity contribution in [1.82, 2.24) is 0 Å². The number of hydrogen-bond donors (Lipinski definition) is 0. The van der Waals surface area contributed by atoms with E-state index in [0.29, 0.717) is 6.42 Å². The first-order valence-electron chi connectivity index (χ1n) is 8.89. The summed E-state index contributed by atoms with van der Waals surface area (Å²) in [4.78, 5) is 22.6. The second-order valence-electron chi connectivity index (χ2n) is 5.86. The summed E-state index contributed by atoms with van der Waals surface area (Å²) in [6, 6.07) is 4.36. The summed E-state index contributed by atoms with van der Waals surface area (Å²) in [7, 11) is -4.56. The van der Waals surface area contributed by atoms with E-state index in [2.05, 4.69) is 6.92 Å². The fourth-order valence-corrected chi connectivity index (χ4v) is 2.67. The van der Waals surface area contributed by atoms with Gasteiger partial charge in [-0.15, -0.1) is 0 Å². The van der Waals surface area contributed by atoms with E-state index in [4.69, 9.17) is 14.2 Å². The fourth-order valence-electron chi connectivity index (χ4n) is 2.20. The Kier molecular flexibility index (Phi) is 14.2. The quantitative estimate of drug-likeness (QED) is 0.156. The first-order valence-corrected chi connectivity index (χ1v) is 10.3. The molecule has 28 heavy (non-hydrogen) atoms. The monoisotopic (exact) mass is 424 g/mol. The van der Waals surface area contributed by atoms with Gasteiger partial charge >= 0.3 is 41.7 Å². The smallest absolute Gasteiger partial charge is 0.744 e. The Morgan fingerprint density at radius 3 is 2.11 bits per heavy atom. The molecule has 0 aromatic heterocycles. The molecule has 0 heterocycles. The van der Waals surface area contributed by atoms with Crippen molar-refractivity contribution in [2.24, 2.45) is 0 Å². The number of rotatable bonds is 12. The third kappa shape index (κ3) is 12.4. The van der Waals surface area contributed by atoms with Crippen molar-refractivity contribution < 1.29 is 66.3 Å². The number of esters is 1. The number of carbonyl (C=O) groups is 2. The van der Waals surface area contributed by atoms with Gasteiger partial charge in [0.2, 0.25) is 0 Å². The maximum absolute atomic E-state index is 11.5. The van der Waals surface area contributed by atoms with Crippen LogP contribution in [0.2, 0.25) is 0 Å². The van der Waals surface area contributed by atoms with Crippen LogP contribution in [0.15, 0.2) is 29.2 Å². The van der Waals surface area contributed by atoms with Gasteiger partial charge in [0.05, 0.1) is 4.90 Å². The van der Waals surface area contributed by atoms with E-state index < -0.39 is 21.2 Å². The van der Waals surface area contributed by atoms with Crippen molar-refractivity contribution in [2.75, 3.05) is 13.2 Å². The molecule has 0 aliphatic heterocycles. The van der Waals surface area contributed by atoms with Crippen LogP contribution in [-0.2, 0) is 24.4 Å². The maximum atomic E-state index is 11.5. The van der Waals surface area contributed by atoms with E-state index >= 15 is 0 Å². The molecule has 10 heteroatoms. The van der Waals surface area contributed by atoms with Crippen molar-refractivity contribution in [3.8, 4) is 5.75 Å². The van der Waals surface area contributed by atoms with Gasteiger partial charge in [-0.25, -0.2) is 13.2 Å². The Hall–Kier alpha value is -1.13. The van der Waals surface area contributed by atoms with Gasteiger partial charge in [-0.2, -0.15) is 0 Å². The Morgan fingerprint density at radius 2 is 1.50 bits per heavy atom. The van der Waals surface area contributed by atoms with Crippen LogP contribution in [-0.4, -0.2) is 38.3 Å². The third-order valence-corrected chi connectivity index (χ3v) is 4.46. The summed E-state index contributed by atoms with van der Waals surface area (Å²) < 4.78 is 46.9. The van der Waals surface area contributed by atoms with Crippen LogP contribution in [0.5, 0.6) is 5.75 Å². The molecule has 0 unspecified atom stereocenters. The van der Waals surface area contributed by atoms with Crippen LogP contribution < -0.4 is 34.3 Å². The summed E-state index contributed by atoms with van der Waals surface area (Å²) in [5, 5.41) is 0. The number of hydrogen-bond acceptors (Lipinski definition) is 8. The Labute approximate surface area is 188 Å². The molecule has 0 N–H and O–H groups in total. The molecule has 0 aliphatic carbocycles. The van der Waals surface area contributed by atoms with Crippen LogP contribution in [0.4, 0.5) is 4.79 Å². The number of benzene rings is 1. The molecule has 0 bridgehead atoms. The molecule has 1 aromatic carbocycles. The fraction of sp³-hybridized carbons (Fsp3) is 0.556. The normalized spacial score (nSPS) is 10.6. The molecule has 152 valence electrons. The van der Waals surface area contributed by atoms with Gasteiger partial charge in [0.25, 0.3) is 0 Å². The van der Waals surface area contributed by atoms with Crippen LogP contribution in [0.3, 0.4) is 0 Å². The van der Waals surface area contributed by atoms with E-state index in [1.54, 1.807) is 0 Å². The summed E-state index contributed by atoms with van der Waals surface area (Å²) in [5.41, 5.74) is 0. The van der Waals surface area contributed by atoms with Crippen molar-refractivity contribution in [1.29, 1.82) is 0 Å². The molecular weight excluding hydrogens is 399 g/mol. The molecule has 1 aromatic rings. The molecule has 0 radical (unpaired) electrons. The molecule has 0 amide bonds. The largest absolute Gasteiger partial charge is 1.00 e. The minimum atomic E-state index is -4.56. The average molecular weight is 424 g/mol. The van der Waals surface area contributed by atoms with Gasteiger partial charge in [-0.05, 0) is 30.7 Å². The zero-order valence-electron chi connectivity index (χ0n) is 16.3. The number of carbonyl (C=O) groups excluding carboxylic acids is 2. The first-order chi connectivity index (χ1) is 12.8. The zero-order chi connectivity index (χ0) is 20.1. The van der Waals surface area contributed by atoms with Gasteiger partial charge in [0, 0.05) is 6.42 Å². The van der Waals surface area contributed by atoms with Crippen LogP contribution in [0, 0.1) is 0 Å². The molecule has 0 atom stereocenters. The Balaban J connectivity index is 0.00000729. The summed E-state index contributed by atoms with van der Waals surface area (Å²) in [6.45, 7) is 1.91. The minimum Gasteiger partial charge on any atom is -0.744 e. The van der Waals surface area contributed by atoms with E-state index in [1.807, 2.05) is 0 Å². The first kappa shape index (κ1) is 26.9. The molecule has 0 aliphatic rings. The van der Waals surface area contributed by atoms with Gasteiger partial charge in [0.1, 0.15) is 29.1 Å². The molecule has 0 spiro atoms. The SMILES string of the molecule is CCCCCCCCC(=O)OCCOC(=O)Oc1ccc(S(=O)(=O)[O-])cc1.[Na+]. The predicted octanol–water partition coefficient (Wildman–Crippen LogP) is 0.404. The van der Waals surface area contributed by atoms with Crippen LogP contribution in [0.1, 0.15) is 51.9 Å². The van der Waals surface area contributed by atoms with Crippen molar-refractivity contribution in [3.63, 3.8) is 0 Å². The maximum Gasteiger partial charge on any atom is 1.00 e. The van der Waals surface area contributed by atoms with E-state index in [9.17, 15) is 22.6 Å². The summed E-state index contributed by atoms with van der Waals surface area (Å²) >= 11 is 0. The van der Waals surface area contributed by atoms with E-state index in [0.717, 1.165) is 43.5 Å². The van der Waals surface area contributed by atoms with Crippen LogP contribution in [0.25, 0.3) is 0 Å². The van der Waals surface area contributed by atoms with Crippen LogP contribution >= 0.6 is 0 Å². The van der Waals surface area contributed by atoms with Crippen molar-refractivity contribution in [2.45, 2.75) is 56.8 Å². The van der Waals surface area contributed by atoms with E-state index in [-0.39, 0.29) is 54.5 Å². The van der Waals surface area contributed by atoms with Gasteiger partial charge in [-0.3, -0.25) is 4.79 Å². The Bertz CT molecular complexity index is 688. The zero-order valence-corrected chi connectivity index (χ0v) is 19.2. The number of ether oxygens (including phenoxy) is 3. The van der Waals surface area contributed by atoms with Crippen molar-refractivity contribution >= 4 is 22.2 Å². The molecule has 0 saturated carbocycles. The Morgan fingerprint density at radius 1 is 0.929 bits per heavy atom. The summed E-state index contributed by atoms with van der Waals surface area (Å²) in [5.74, 6) is -0.315. The van der Waals surface area contributed by atoms with Gasteiger partial charge in [-0.1, -0.05) is 39.0 Å². The topological polar surface area (TPSA) is 119 Å². The summed E-state index contributed by atoms with van der Waals surface area (Å²) in [6.07, 6.45) is 5.75. The average Bonchev–Trinajstić information content (AvgIpc) is 2.61.